The van der Waals surface area contributed by atoms with Crippen LogP contribution in [0.25, 0.3) is 252 Å². The minimum absolute atomic E-state index is 0.986. The van der Waals surface area contributed by atoms with Crippen molar-refractivity contribution in [2.75, 3.05) is 0 Å². The zero-order valence-electron chi connectivity index (χ0n) is 71.0. The van der Waals surface area contributed by atoms with Crippen LogP contribution in [-0.4, -0.2) is 13.7 Å². The topological polar surface area (TPSA) is 14.8 Å². The van der Waals surface area contributed by atoms with Gasteiger partial charge in [-0.3, -0.25) is 0 Å². The highest BCUT2D eigenvalue weighted by atomic mass is 32.1. The van der Waals surface area contributed by atoms with Gasteiger partial charge in [-0.15, -0.1) is 34.0 Å². The number of para-hydroxylation sites is 3. The summed E-state index contributed by atoms with van der Waals surface area (Å²) in [6, 6.07) is 155. The van der Waals surface area contributed by atoms with Gasteiger partial charge in [0.25, 0.3) is 0 Å². The van der Waals surface area contributed by atoms with Crippen LogP contribution in [0, 0.1) is 0 Å². The SMILES string of the molecule is c1ccc(-c2ccc(-n3c4ccccc4c4cc5c(cc43)sc3c4c(c6ccccc6c35)Cc3ccccc3-4)cc2)cc1.c1ccc(-c2cccc(-n3c4ccccc4c4cc5c(cc43)sc3c4c(c6ccc7ccccc7c6c35)Cc3ccccc3-4)c2)cc1.c1ccc2c(c1)Cc1c-2c2sc3cc4c(cc3c2c2ccccc12)c1ccccc1n4-c1ccc2ccccc2c1. The van der Waals surface area contributed by atoms with Gasteiger partial charge in [0, 0.05) is 127 Å². The quantitative estimate of drug-likeness (QED) is 0.153. The average Bonchev–Trinajstić information content (AvgIpc) is 1.53. The van der Waals surface area contributed by atoms with Crippen molar-refractivity contribution in [2.24, 2.45) is 0 Å². The van der Waals surface area contributed by atoms with Gasteiger partial charge in [0.2, 0.25) is 0 Å². The molecule has 0 unspecified atom stereocenters. The largest absolute Gasteiger partial charge is 0.309 e. The van der Waals surface area contributed by atoms with Crippen LogP contribution in [0.15, 0.2) is 419 Å². The highest BCUT2D eigenvalue weighted by Crippen LogP contribution is 2.57. The molecule has 0 bridgehead atoms. The van der Waals surface area contributed by atoms with E-state index in [0.29, 0.717) is 0 Å². The van der Waals surface area contributed by atoms with Gasteiger partial charge in [0.05, 0.1) is 33.1 Å². The molecule has 6 heteroatoms. The van der Waals surface area contributed by atoms with Gasteiger partial charge in [-0.05, 0) is 236 Å². The lowest BCUT2D eigenvalue weighted by atomic mass is 9.91. The standard InChI is InChI=1S/C45H27NS.C41H25NS.C39H23NS/c1-2-11-27(12-3-1)29-15-10-16-31(23-29)46-39-20-9-8-19-34(39)36-25-38-41(26-40(36)46)47-45-43-33-18-7-5-14-30(33)24-37(43)35-22-21-28-13-4-6-17-32(28)42(35)44(38)45;1-2-10-25(11-3-1)26-18-20-28(21-19-26)42-36-17-9-8-15-31(36)33-23-35-38(24-37(33)42)43-41-39-29-13-5-4-12-27(29)22-34(39)30-14-6-7-16-32(30)40(35)41;1-2-10-24-19-26(18-17-23(24)9-1)40-34-16-8-7-14-29(34)31-21-33-36(22-35(31)40)41-39-37-27-12-4-3-11-25(27)20-32(37)28-13-5-6-15-30(28)38(33)39/h1-23,25-26H,24H2;1-21,23-24H,22H2;1-19,21-22H,20H2. The van der Waals surface area contributed by atoms with E-state index < -0.39 is 0 Å². The second-order valence-electron chi connectivity index (χ2n) is 35.8. The lowest BCUT2D eigenvalue weighted by molar-refractivity contribution is 1.18. The third kappa shape index (κ3) is 10.8. The maximum absolute atomic E-state index is 2.50. The molecule has 3 aliphatic rings. The molecule has 0 saturated heterocycles. The van der Waals surface area contributed by atoms with Gasteiger partial charge >= 0.3 is 0 Å². The predicted molar refractivity (Wildman–Crippen MR) is 564 cm³/mol. The Bertz CT molecular complexity index is 9840. The van der Waals surface area contributed by atoms with Crippen LogP contribution in [0.2, 0.25) is 0 Å². The minimum atomic E-state index is 0.986. The van der Waals surface area contributed by atoms with E-state index in [1.165, 1.54) is 286 Å². The Balaban J connectivity index is 0.0000000967. The van der Waals surface area contributed by atoms with Gasteiger partial charge in [0.15, 0.2) is 0 Å². The van der Waals surface area contributed by atoms with Crippen LogP contribution in [0.1, 0.15) is 33.4 Å². The predicted octanol–water partition coefficient (Wildman–Crippen LogP) is 35.3. The molecule has 0 radical (unpaired) electrons. The molecule has 6 heterocycles. The number of thiophene rings is 3. The van der Waals surface area contributed by atoms with Crippen LogP contribution < -0.4 is 0 Å². The van der Waals surface area contributed by atoms with Crippen molar-refractivity contribution in [3.63, 3.8) is 0 Å². The van der Waals surface area contributed by atoms with Crippen molar-refractivity contribution in [1.82, 2.24) is 13.7 Å². The van der Waals surface area contributed by atoms with E-state index in [4.69, 9.17) is 0 Å². The molecular weight excluding hydrogens is 1640 g/mol. The smallest absolute Gasteiger partial charge is 0.0555 e. The van der Waals surface area contributed by atoms with E-state index in [9.17, 15) is 0 Å². The first-order chi connectivity index (χ1) is 65.0. The summed E-state index contributed by atoms with van der Waals surface area (Å²) in [5, 5.41) is 29.6. The fourth-order valence-electron chi connectivity index (χ4n) is 23.3. The van der Waals surface area contributed by atoms with E-state index in [1.54, 1.807) is 0 Å². The van der Waals surface area contributed by atoms with E-state index in [2.05, 4.69) is 432 Å². The van der Waals surface area contributed by atoms with Gasteiger partial charge in [0.1, 0.15) is 0 Å². The number of fused-ring (bicyclic) bond motifs is 42. The Morgan fingerprint density at radius 1 is 0.176 bits per heavy atom. The summed E-state index contributed by atoms with van der Waals surface area (Å²) in [5.41, 5.74) is 33.3. The van der Waals surface area contributed by atoms with E-state index >= 15 is 0 Å². The number of hydrogen-bond donors (Lipinski definition) is 0. The van der Waals surface area contributed by atoms with E-state index in [0.717, 1.165) is 19.3 Å². The van der Waals surface area contributed by atoms with E-state index in [1.807, 2.05) is 34.0 Å². The van der Waals surface area contributed by atoms with Crippen LogP contribution in [0.4, 0.5) is 0 Å². The summed E-state index contributed by atoms with van der Waals surface area (Å²) in [6.45, 7) is 0. The summed E-state index contributed by atoms with van der Waals surface area (Å²) in [4.78, 5) is 0. The Hall–Kier alpha value is -15.8. The number of benzene rings is 22. The molecule has 0 aliphatic heterocycles. The molecule has 0 atom stereocenters. The average molecular weight is 1720 g/mol. The lowest BCUT2D eigenvalue weighted by Gasteiger charge is -2.12. The zero-order chi connectivity index (χ0) is 85.4. The van der Waals surface area contributed by atoms with Gasteiger partial charge in [-0.1, -0.05) is 328 Å². The maximum atomic E-state index is 2.50. The van der Waals surface area contributed by atoms with E-state index in [-0.39, 0.29) is 0 Å². The Kier molecular flexibility index (Phi) is 15.9. The highest BCUT2D eigenvalue weighted by molar-refractivity contribution is 7.27. The van der Waals surface area contributed by atoms with Crippen molar-refractivity contribution < 1.29 is 0 Å². The number of aromatic nitrogens is 3. The summed E-state index contributed by atoms with van der Waals surface area (Å²) >= 11 is 5.89. The Labute approximate surface area is 765 Å². The molecule has 0 saturated carbocycles. The molecule has 3 aliphatic carbocycles. The summed E-state index contributed by atoms with van der Waals surface area (Å²) in [5.74, 6) is 0. The molecule has 6 aromatic heterocycles. The monoisotopic (exact) mass is 1710 g/mol. The lowest BCUT2D eigenvalue weighted by Crippen LogP contribution is -1.94. The first kappa shape index (κ1) is 73.3. The molecule has 131 heavy (non-hydrogen) atoms. The molecule has 0 amide bonds. The molecule has 0 N–H and O–H groups in total. The fraction of sp³-hybridized carbons (Fsp3) is 0.0240. The van der Waals surface area contributed by atoms with Crippen molar-refractivity contribution in [1.29, 1.82) is 0 Å². The number of nitrogens with zero attached hydrogens (tertiary/aromatic N) is 3. The van der Waals surface area contributed by atoms with Crippen LogP contribution >= 0.6 is 34.0 Å². The second kappa shape index (κ2) is 28.3. The Morgan fingerprint density at radius 2 is 0.527 bits per heavy atom. The third-order valence-corrected chi connectivity index (χ3v) is 32.5. The first-order valence-corrected chi connectivity index (χ1v) is 47.9. The van der Waals surface area contributed by atoms with Gasteiger partial charge in [-0.2, -0.15) is 0 Å². The van der Waals surface area contributed by atoms with Crippen molar-refractivity contribution in [3.8, 4) is 72.7 Å². The second-order valence-corrected chi connectivity index (χ2v) is 39.0. The number of hydrogen-bond acceptors (Lipinski definition) is 3. The van der Waals surface area contributed by atoms with Gasteiger partial charge in [-0.25, -0.2) is 0 Å². The molecule has 3 nitrogen and oxygen atoms in total. The summed E-state index contributed by atoms with van der Waals surface area (Å²) in [6.07, 6.45) is 3.00. The molecule has 608 valence electrons. The van der Waals surface area contributed by atoms with Crippen molar-refractivity contribution in [3.05, 3.63) is 452 Å². The highest BCUT2D eigenvalue weighted by Gasteiger charge is 2.32. The van der Waals surface area contributed by atoms with Crippen molar-refractivity contribution >= 4 is 214 Å². The minimum Gasteiger partial charge on any atom is -0.309 e. The molecule has 0 spiro atoms. The van der Waals surface area contributed by atoms with Crippen molar-refractivity contribution in [2.45, 2.75) is 19.3 Å². The summed E-state index contributed by atoms with van der Waals surface area (Å²) in [7, 11) is 0. The third-order valence-electron chi connectivity index (χ3n) is 29.0. The van der Waals surface area contributed by atoms with Crippen LogP contribution in [0.5, 0.6) is 0 Å². The maximum Gasteiger partial charge on any atom is 0.0555 e. The molecular formula is C125H75N3S3. The first-order valence-electron chi connectivity index (χ1n) is 45.5. The molecule has 31 rings (SSSR count). The molecule has 22 aromatic carbocycles. The van der Waals surface area contributed by atoms with Crippen LogP contribution in [0.3, 0.4) is 0 Å². The zero-order valence-corrected chi connectivity index (χ0v) is 73.5. The number of rotatable bonds is 5. The fourth-order valence-corrected chi connectivity index (χ4v) is 27.2. The van der Waals surface area contributed by atoms with Gasteiger partial charge < -0.3 is 13.7 Å². The van der Waals surface area contributed by atoms with Crippen LogP contribution in [-0.2, 0) is 19.3 Å². The molecule has 28 aromatic rings. The normalized spacial score (nSPS) is 12.6. The summed E-state index contributed by atoms with van der Waals surface area (Å²) < 4.78 is 15.7. The Morgan fingerprint density at radius 3 is 1.03 bits per heavy atom. The molecule has 0 fully saturated rings.